The summed E-state index contributed by atoms with van der Waals surface area (Å²) < 4.78 is 47.4. The van der Waals surface area contributed by atoms with Gasteiger partial charge in [-0.15, -0.1) is 0 Å². The van der Waals surface area contributed by atoms with E-state index in [0.717, 1.165) is 12.1 Å². The molecule has 1 aromatic heterocycles. The Labute approximate surface area is 125 Å². The summed E-state index contributed by atoms with van der Waals surface area (Å²) in [7, 11) is 1.41. The molecular formula is C15H14F3NO3. The minimum absolute atomic E-state index is 0.0545. The fourth-order valence-electron chi connectivity index (χ4n) is 1.40. The van der Waals surface area contributed by atoms with E-state index in [1.807, 2.05) is 0 Å². The second kappa shape index (κ2) is 8.20. The first kappa shape index (κ1) is 17.7. The topological polar surface area (TPSA) is 48.4 Å². The van der Waals surface area contributed by atoms with Gasteiger partial charge in [0.2, 0.25) is 0 Å². The fraction of sp³-hybridized carbons (Fsp3) is 0.333. The minimum atomic E-state index is -4.57. The lowest BCUT2D eigenvalue weighted by molar-refractivity contribution is -0.141. The van der Waals surface area contributed by atoms with Gasteiger partial charge in [-0.2, -0.15) is 13.2 Å². The zero-order chi connectivity index (χ0) is 16.6. The summed E-state index contributed by atoms with van der Waals surface area (Å²) >= 11 is 0. The molecule has 0 saturated heterocycles. The molecule has 7 heteroatoms. The third-order valence-corrected chi connectivity index (χ3v) is 2.33. The zero-order valence-electron chi connectivity index (χ0n) is 12.0. The highest BCUT2D eigenvalue weighted by atomic mass is 19.4. The molecule has 0 bridgehead atoms. The van der Waals surface area contributed by atoms with Crippen LogP contribution in [-0.2, 0) is 20.4 Å². The fourth-order valence-corrected chi connectivity index (χ4v) is 1.40. The number of carbonyl (C=O) groups is 1. The number of pyridine rings is 1. The van der Waals surface area contributed by atoms with E-state index < -0.39 is 17.8 Å². The first-order valence-corrected chi connectivity index (χ1v) is 6.29. The molecule has 1 rings (SSSR count). The van der Waals surface area contributed by atoms with Gasteiger partial charge in [0.25, 0.3) is 0 Å². The van der Waals surface area contributed by atoms with Crippen molar-refractivity contribution in [2.24, 2.45) is 0 Å². The van der Waals surface area contributed by atoms with E-state index >= 15 is 0 Å². The summed E-state index contributed by atoms with van der Waals surface area (Å²) in [5.41, 5.74) is -0.861. The third kappa shape index (κ3) is 5.58. The normalized spacial score (nSPS) is 11.1. The molecule has 22 heavy (non-hydrogen) atoms. The van der Waals surface area contributed by atoms with Crippen LogP contribution in [0.4, 0.5) is 13.2 Å². The van der Waals surface area contributed by atoms with E-state index in [1.54, 1.807) is 6.92 Å². The molecule has 0 spiro atoms. The monoisotopic (exact) mass is 313 g/mol. The van der Waals surface area contributed by atoms with E-state index in [9.17, 15) is 18.0 Å². The Morgan fingerprint density at radius 3 is 2.73 bits per heavy atom. The maximum Gasteiger partial charge on any atom is 0.433 e. The number of hydrogen-bond donors (Lipinski definition) is 0. The van der Waals surface area contributed by atoms with Gasteiger partial charge < -0.3 is 9.47 Å². The number of esters is 1. The molecule has 0 atom stereocenters. The highest BCUT2D eigenvalue weighted by Gasteiger charge is 2.32. The van der Waals surface area contributed by atoms with Gasteiger partial charge in [-0.25, -0.2) is 9.78 Å². The lowest BCUT2D eigenvalue weighted by atomic mass is 10.1. The summed E-state index contributed by atoms with van der Waals surface area (Å²) in [6.45, 7) is 1.90. The summed E-state index contributed by atoms with van der Waals surface area (Å²) in [4.78, 5) is 14.7. The van der Waals surface area contributed by atoms with Crippen LogP contribution in [0.3, 0.4) is 0 Å². The lowest BCUT2D eigenvalue weighted by Crippen LogP contribution is -2.09. The largest absolute Gasteiger partial charge is 0.463 e. The molecule has 1 heterocycles. The van der Waals surface area contributed by atoms with Crippen LogP contribution in [0.15, 0.2) is 18.2 Å². The smallest absolute Gasteiger partial charge is 0.433 e. The Hall–Kier alpha value is -2.33. The maximum absolute atomic E-state index is 12.7. The number of ether oxygens (including phenoxy) is 2. The SMILES string of the molecule is CCOC(=O)C=Cc1ccc(C(F)(F)F)nc1C#CCOC. The predicted molar refractivity (Wildman–Crippen MR) is 73.7 cm³/mol. The van der Waals surface area contributed by atoms with Crippen molar-refractivity contribution in [3.05, 3.63) is 35.2 Å². The van der Waals surface area contributed by atoms with Crippen molar-refractivity contribution in [1.29, 1.82) is 0 Å². The molecule has 0 aliphatic heterocycles. The molecule has 118 valence electrons. The third-order valence-electron chi connectivity index (χ3n) is 2.33. The predicted octanol–water partition coefficient (Wildman–Crippen LogP) is 2.67. The molecule has 0 aliphatic carbocycles. The number of alkyl halides is 3. The van der Waals surface area contributed by atoms with Crippen molar-refractivity contribution in [2.75, 3.05) is 20.3 Å². The van der Waals surface area contributed by atoms with Crippen LogP contribution in [0.5, 0.6) is 0 Å². The van der Waals surface area contributed by atoms with Crippen LogP contribution >= 0.6 is 0 Å². The van der Waals surface area contributed by atoms with E-state index in [2.05, 4.69) is 16.8 Å². The van der Waals surface area contributed by atoms with E-state index in [-0.39, 0.29) is 24.5 Å². The second-order valence-electron chi connectivity index (χ2n) is 3.95. The van der Waals surface area contributed by atoms with Crippen molar-refractivity contribution in [3.8, 4) is 11.8 Å². The van der Waals surface area contributed by atoms with E-state index in [4.69, 9.17) is 9.47 Å². The summed E-state index contributed by atoms with van der Waals surface area (Å²) in [6, 6.07) is 2.02. The highest BCUT2D eigenvalue weighted by Crippen LogP contribution is 2.28. The van der Waals surface area contributed by atoms with Crippen molar-refractivity contribution >= 4 is 12.0 Å². The molecule has 0 N–H and O–H groups in total. The molecule has 0 fully saturated rings. The minimum Gasteiger partial charge on any atom is -0.463 e. The van der Waals surface area contributed by atoms with Gasteiger partial charge in [-0.1, -0.05) is 5.92 Å². The van der Waals surface area contributed by atoms with Crippen molar-refractivity contribution in [3.63, 3.8) is 0 Å². The Morgan fingerprint density at radius 2 is 2.14 bits per heavy atom. The summed E-state index contributed by atoms with van der Waals surface area (Å²) in [5.74, 6) is 4.43. The number of nitrogens with zero attached hydrogens (tertiary/aromatic N) is 1. The molecule has 0 saturated carbocycles. The quantitative estimate of drug-likeness (QED) is 0.487. The first-order chi connectivity index (χ1) is 10.4. The van der Waals surface area contributed by atoms with Crippen LogP contribution in [0, 0.1) is 11.8 Å². The van der Waals surface area contributed by atoms with E-state index in [1.165, 1.54) is 19.3 Å². The average Bonchev–Trinajstić information content (AvgIpc) is 2.45. The van der Waals surface area contributed by atoms with Crippen LogP contribution in [0.1, 0.15) is 23.9 Å². The molecule has 1 aromatic rings. The zero-order valence-corrected chi connectivity index (χ0v) is 12.0. The number of rotatable bonds is 4. The van der Waals surface area contributed by atoms with Gasteiger partial charge in [0.15, 0.2) is 0 Å². The molecule has 0 radical (unpaired) electrons. The number of methoxy groups -OCH3 is 1. The summed E-state index contributed by atoms with van der Waals surface area (Å²) in [5, 5.41) is 0. The van der Waals surface area contributed by atoms with Crippen LogP contribution < -0.4 is 0 Å². The van der Waals surface area contributed by atoms with Crippen LogP contribution in [-0.4, -0.2) is 31.3 Å². The van der Waals surface area contributed by atoms with Gasteiger partial charge in [0.1, 0.15) is 18.0 Å². The van der Waals surface area contributed by atoms with Crippen LogP contribution in [0.25, 0.3) is 6.08 Å². The van der Waals surface area contributed by atoms with Gasteiger partial charge in [0, 0.05) is 18.7 Å². The first-order valence-electron chi connectivity index (χ1n) is 6.29. The standard InChI is InChI=1S/C15H14F3NO3/c1-3-22-14(20)9-7-11-6-8-13(15(16,17)18)19-12(11)5-4-10-21-2/h6-9H,3,10H2,1-2H3. The Balaban J connectivity index is 3.15. The van der Waals surface area contributed by atoms with Gasteiger partial charge >= 0.3 is 12.1 Å². The van der Waals surface area contributed by atoms with Gasteiger partial charge in [-0.3, -0.25) is 0 Å². The Morgan fingerprint density at radius 1 is 1.41 bits per heavy atom. The maximum atomic E-state index is 12.7. The van der Waals surface area contributed by atoms with Gasteiger partial charge in [0.05, 0.1) is 6.61 Å². The summed E-state index contributed by atoms with van der Waals surface area (Å²) in [6.07, 6.45) is -2.15. The Kier molecular flexibility index (Phi) is 6.60. The Bertz CT molecular complexity index is 613. The number of hydrogen-bond acceptors (Lipinski definition) is 4. The molecular weight excluding hydrogens is 299 g/mol. The molecule has 4 nitrogen and oxygen atoms in total. The molecule has 0 unspecified atom stereocenters. The van der Waals surface area contributed by atoms with Crippen LogP contribution in [0.2, 0.25) is 0 Å². The van der Waals surface area contributed by atoms with Crippen molar-refractivity contribution in [2.45, 2.75) is 13.1 Å². The highest BCUT2D eigenvalue weighted by molar-refractivity contribution is 5.87. The molecule has 0 aromatic carbocycles. The van der Waals surface area contributed by atoms with Gasteiger partial charge in [-0.05, 0) is 31.1 Å². The average molecular weight is 313 g/mol. The number of carbonyl (C=O) groups excluding carboxylic acids is 1. The molecule has 0 aliphatic rings. The second-order valence-corrected chi connectivity index (χ2v) is 3.95. The number of aromatic nitrogens is 1. The lowest BCUT2D eigenvalue weighted by Gasteiger charge is -2.07. The van der Waals surface area contributed by atoms with E-state index in [0.29, 0.717) is 0 Å². The van der Waals surface area contributed by atoms with Crippen molar-refractivity contribution < 1.29 is 27.4 Å². The number of halogens is 3. The van der Waals surface area contributed by atoms with Crippen molar-refractivity contribution in [1.82, 2.24) is 4.98 Å². The molecule has 0 amide bonds.